The monoisotopic (exact) mass is 367 g/mol. The van der Waals surface area contributed by atoms with Gasteiger partial charge in [0.25, 0.3) is 5.91 Å². The predicted molar refractivity (Wildman–Crippen MR) is 106 cm³/mol. The van der Waals surface area contributed by atoms with Gasteiger partial charge in [-0.1, -0.05) is 23.8 Å². The summed E-state index contributed by atoms with van der Waals surface area (Å²) in [4.78, 5) is 13.1. The number of hydrogen-bond donors (Lipinski definition) is 1. The van der Waals surface area contributed by atoms with Gasteiger partial charge in [0.2, 0.25) is 0 Å². The Morgan fingerprint density at radius 1 is 1.08 bits per heavy atom. The van der Waals surface area contributed by atoms with E-state index in [-0.39, 0.29) is 5.91 Å². The Bertz CT molecular complexity index is 917. The number of amides is 1. The molecule has 0 unspecified atom stereocenters. The van der Waals surface area contributed by atoms with Gasteiger partial charge >= 0.3 is 0 Å². The second kappa shape index (κ2) is 8.06. The Labute approximate surface area is 157 Å². The van der Waals surface area contributed by atoms with Gasteiger partial charge in [0.05, 0.1) is 12.0 Å². The molecule has 5 heteroatoms. The fourth-order valence-corrected chi connectivity index (χ4v) is 3.36. The number of rotatable bonds is 6. The van der Waals surface area contributed by atoms with Crippen molar-refractivity contribution >= 4 is 22.9 Å². The van der Waals surface area contributed by atoms with Gasteiger partial charge in [-0.05, 0) is 49.1 Å². The summed E-state index contributed by atoms with van der Waals surface area (Å²) in [7, 11) is 1.62. The van der Waals surface area contributed by atoms with Crippen molar-refractivity contribution < 1.29 is 14.3 Å². The van der Waals surface area contributed by atoms with Crippen LogP contribution in [-0.4, -0.2) is 13.0 Å². The van der Waals surface area contributed by atoms with Crippen LogP contribution in [0.5, 0.6) is 11.5 Å². The second-order valence-corrected chi connectivity index (χ2v) is 6.97. The summed E-state index contributed by atoms with van der Waals surface area (Å²) < 4.78 is 11.0. The molecule has 0 fully saturated rings. The largest absolute Gasteiger partial charge is 0.497 e. The molecule has 0 aliphatic carbocycles. The third-order valence-corrected chi connectivity index (χ3v) is 4.93. The molecular formula is C21H21NO3S. The maximum atomic E-state index is 12.5. The third-order valence-electron chi connectivity index (χ3n) is 3.95. The van der Waals surface area contributed by atoms with Crippen LogP contribution in [0.4, 0.5) is 5.69 Å². The first-order valence-electron chi connectivity index (χ1n) is 8.28. The summed E-state index contributed by atoms with van der Waals surface area (Å²) in [6, 6.07) is 15.3. The standard InChI is InChI=1S/C21H21NO3S/c1-14-7-8-19(15(2)9-14)22-21(23)20-10-16(13-26-20)12-25-18-6-4-5-17(11-18)24-3/h4-11,13H,12H2,1-3H3,(H,22,23). The molecule has 2 aromatic carbocycles. The Balaban J connectivity index is 1.62. The first-order valence-corrected chi connectivity index (χ1v) is 9.16. The Morgan fingerprint density at radius 2 is 1.88 bits per heavy atom. The summed E-state index contributed by atoms with van der Waals surface area (Å²) in [5.41, 5.74) is 4.02. The van der Waals surface area contributed by atoms with E-state index in [1.165, 1.54) is 16.9 Å². The van der Waals surface area contributed by atoms with Crippen molar-refractivity contribution in [3.05, 3.63) is 75.5 Å². The molecule has 0 atom stereocenters. The van der Waals surface area contributed by atoms with E-state index in [2.05, 4.69) is 11.4 Å². The highest BCUT2D eigenvalue weighted by molar-refractivity contribution is 7.12. The zero-order valence-corrected chi connectivity index (χ0v) is 15.9. The highest BCUT2D eigenvalue weighted by atomic mass is 32.1. The van der Waals surface area contributed by atoms with E-state index in [0.717, 1.165) is 28.3 Å². The van der Waals surface area contributed by atoms with Crippen molar-refractivity contribution in [3.8, 4) is 11.5 Å². The van der Waals surface area contributed by atoms with E-state index >= 15 is 0 Å². The van der Waals surface area contributed by atoms with Gasteiger partial charge in [-0.15, -0.1) is 11.3 Å². The zero-order valence-electron chi connectivity index (χ0n) is 15.0. The van der Waals surface area contributed by atoms with E-state index in [0.29, 0.717) is 11.5 Å². The SMILES string of the molecule is COc1cccc(OCc2csc(C(=O)Nc3ccc(C)cc3C)c2)c1. The smallest absolute Gasteiger partial charge is 0.265 e. The first-order chi connectivity index (χ1) is 12.5. The van der Waals surface area contributed by atoms with Crippen molar-refractivity contribution in [1.82, 2.24) is 0 Å². The molecule has 26 heavy (non-hydrogen) atoms. The molecule has 1 N–H and O–H groups in total. The molecule has 4 nitrogen and oxygen atoms in total. The van der Waals surface area contributed by atoms with Gasteiger partial charge in [0.15, 0.2) is 0 Å². The first kappa shape index (κ1) is 18.0. The molecule has 3 rings (SSSR count). The molecule has 3 aromatic rings. The van der Waals surface area contributed by atoms with Crippen LogP contribution in [0.2, 0.25) is 0 Å². The third kappa shape index (κ3) is 4.43. The molecule has 0 saturated heterocycles. The lowest BCUT2D eigenvalue weighted by atomic mass is 10.1. The van der Waals surface area contributed by atoms with E-state index in [4.69, 9.17) is 9.47 Å². The second-order valence-electron chi connectivity index (χ2n) is 6.06. The van der Waals surface area contributed by atoms with E-state index in [1.807, 2.05) is 61.7 Å². The molecule has 1 heterocycles. The highest BCUT2D eigenvalue weighted by Crippen LogP contribution is 2.23. The number of methoxy groups -OCH3 is 1. The van der Waals surface area contributed by atoms with Crippen molar-refractivity contribution in [1.29, 1.82) is 0 Å². The lowest BCUT2D eigenvalue weighted by Gasteiger charge is -2.08. The minimum absolute atomic E-state index is 0.102. The van der Waals surface area contributed by atoms with Crippen molar-refractivity contribution in [2.24, 2.45) is 0 Å². The summed E-state index contributed by atoms with van der Waals surface area (Å²) in [6.45, 7) is 4.43. The van der Waals surface area contributed by atoms with E-state index in [9.17, 15) is 4.79 Å². The maximum Gasteiger partial charge on any atom is 0.265 e. The normalized spacial score (nSPS) is 10.4. The molecule has 0 saturated carbocycles. The van der Waals surface area contributed by atoms with Gasteiger partial charge in [-0.2, -0.15) is 0 Å². The fourth-order valence-electron chi connectivity index (χ4n) is 2.57. The number of nitrogens with one attached hydrogen (secondary N) is 1. The quantitative estimate of drug-likeness (QED) is 0.651. The Morgan fingerprint density at radius 3 is 2.65 bits per heavy atom. The van der Waals surface area contributed by atoms with E-state index < -0.39 is 0 Å². The van der Waals surface area contributed by atoms with Gasteiger partial charge < -0.3 is 14.8 Å². The average molecular weight is 367 g/mol. The summed E-state index contributed by atoms with van der Waals surface area (Å²) in [5, 5.41) is 4.91. The maximum absolute atomic E-state index is 12.5. The average Bonchev–Trinajstić information content (AvgIpc) is 3.11. The minimum Gasteiger partial charge on any atom is -0.497 e. The van der Waals surface area contributed by atoms with Gasteiger partial charge in [0.1, 0.15) is 18.1 Å². The van der Waals surface area contributed by atoms with Crippen molar-refractivity contribution in [2.75, 3.05) is 12.4 Å². The number of benzene rings is 2. The van der Waals surface area contributed by atoms with Crippen LogP contribution in [-0.2, 0) is 6.61 Å². The predicted octanol–water partition coefficient (Wildman–Crippen LogP) is 5.20. The molecule has 0 radical (unpaired) electrons. The van der Waals surface area contributed by atoms with Crippen LogP contribution in [0.25, 0.3) is 0 Å². The van der Waals surface area contributed by atoms with Crippen molar-refractivity contribution in [2.45, 2.75) is 20.5 Å². The molecule has 0 aliphatic rings. The topological polar surface area (TPSA) is 47.6 Å². The number of hydrogen-bond acceptors (Lipinski definition) is 4. The van der Waals surface area contributed by atoms with Crippen LogP contribution in [0.3, 0.4) is 0 Å². The van der Waals surface area contributed by atoms with Crippen LogP contribution >= 0.6 is 11.3 Å². The van der Waals surface area contributed by atoms with Crippen LogP contribution < -0.4 is 14.8 Å². The molecule has 1 aromatic heterocycles. The molecule has 134 valence electrons. The summed E-state index contributed by atoms with van der Waals surface area (Å²) in [5.74, 6) is 1.38. The van der Waals surface area contributed by atoms with Gasteiger partial charge in [-0.3, -0.25) is 4.79 Å². The summed E-state index contributed by atoms with van der Waals surface area (Å²) in [6.07, 6.45) is 0. The Hall–Kier alpha value is -2.79. The zero-order chi connectivity index (χ0) is 18.5. The minimum atomic E-state index is -0.102. The lowest BCUT2D eigenvalue weighted by Crippen LogP contribution is -2.11. The van der Waals surface area contributed by atoms with Gasteiger partial charge in [-0.25, -0.2) is 0 Å². The fraction of sp³-hybridized carbons (Fsp3) is 0.190. The molecular weight excluding hydrogens is 346 g/mol. The van der Waals surface area contributed by atoms with Crippen LogP contribution in [0, 0.1) is 13.8 Å². The van der Waals surface area contributed by atoms with Crippen LogP contribution in [0.1, 0.15) is 26.4 Å². The number of thiophene rings is 1. The number of carbonyl (C=O) groups is 1. The number of ether oxygens (including phenoxy) is 2. The molecule has 0 aliphatic heterocycles. The van der Waals surface area contributed by atoms with Crippen molar-refractivity contribution in [3.63, 3.8) is 0 Å². The molecule has 1 amide bonds. The highest BCUT2D eigenvalue weighted by Gasteiger charge is 2.11. The van der Waals surface area contributed by atoms with Gasteiger partial charge in [0, 0.05) is 17.3 Å². The number of aryl methyl sites for hydroxylation is 2. The van der Waals surface area contributed by atoms with E-state index in [1.54, 1.807) is 7.11 Å². The molecule has 0 bridgehead atoms. The molecule has 0 spiro atoms. The van der Waals surface area contributed by atoms with Crippen LogP contribution in [0.15, 0.2) is 53.9 Å². The number of anilines is 1. The Kier molecular flexibility index (Phi) is 5.58. The number of carbonyl (C=O) groups excluding carboxylic acids is 1. The summed E-state index contributed by atoms with van der Waals surface area (Å²) >= 11 is 1.41. The lowest BCUT2D eigenvalue weighted by molar-refractivity contribution is 0.103.